The van der Waals surface area contributed by atoms with Crippen LogP contribution in [0, 0.1) is 6.92 Å². The maximum atomic E-state index is 6.12. The molecule has 21 heavy (non-hydrogen) atoms. The molecular weight excluding hydrogens is 278 g/mol. The fraction of sp³-hybridized carbons (Fsp3) is 0.375. The van der Waals surface area contributed by atoms with Gasteiger partial charge >= 0.3 is 0 Å². The highest BCUT2D eigenvalue weighted by molar-refractivity contribution is 6.70. The quantitative estimate of drug-likeness (QED) is 0.630. The summed E-state index contributed by atoms with van der Waals surface area (Å²) in [6.45, 7) is 10.5. The fourth-order valence-corrected chi connectivity index (χ4v) is 2.99. The third-order valence-corrected chi connectivity index (χ3v) is 3.81. The number of nitrogens with zero attached hydrogens (tertiary/aromatic N) is 3. The molecule has 0 saturated carbocycles. The summed E-state index contributed by atoms with van der Waals surface area (Å²) in [5.74, 6) is 0.859. The second kappa shape index (κ2) is 5.85. The minimum absolute atomic E-state index is 0.859. The molecule has 0 spiro atoms. The largest absolute Gasteiger partial charge is 0.543 e. The van der Waals surface area contributed by atoms with Crippen LogP contribution in [0.5, 0.6) is 5.75 Å². The molecule has 0 amide bonds. The monoisotopic (exact) mass is 301 g/mol. The van der Waals surface area contributed by atoms with Gasteiger partial charge in [0.2, 0.25) is 8.32 Å². The summed E-state index contributed by atoms with van der Waals surface area (Å²) >= 11 is 0. The number of hydrogen-bond acceptors (Lipinski definition) is 3. The van der Waals surface area contributed by atoms with Crippen molar-refractivity contribution in [1.29, 1.82) is 0 Å². The Labute approximate surface area is 127 Å². The third-order valence-electron chi connectivity index (χ3n) is 2.97. The van der Waals surface area contributed by atoms with Crippen molar-refractivity contribution in [3.63, 3.8) is 0 Å². The first kappa shape index (κ1) is 15.5. The van der Waals surface area contributed by atoms with Crippen LogP contribution in [-0.2, 0) is 7.05 Å². The van der Waals surface area contributed by atoms with Crippen LogP contribution in [0.15, 0.2) is 35.5 Å². The van der Waals surface area contributed by atoms with Gasteiger partial charge in [-0.15, -0.1) is 0 Å². The van der Waals surface area contributed by atoms with Crippen molar-refractivity contribution >= 4 is 19.7 Å². The Hall–Kier alpha value is -1.88. The number of aliphatic imine (C=N–C) groups is 1. The Morgan fingerprint density at radius 2 is 1.90 bits per heavy atom. The highest BCUT2D eigenvalue weighted by atomic mass is 28.4. The Bertz CT molecular complexity index is 668. The first-order chi connectivity index (χ1) is 9.76. The molecule has 5 heteroatoms. The van der Waals surface area contributed by atoms with Gasteiger partial charge < -0.3 is 4.43 Å². The molecule has 112 valence electrons. The lowest BCUT2D eigenvalue weighted by Gasteiger charge is -2.20. The van der Waals surface area contributed by atoms with E-state index in [4.69, 9.17) is 9.42 Å². The van der Waals surface area contributed by atoms with Gasteiger partial charge in [-0.1, -0.05) is 12.1 Å². The summed E-state index contributed by atoms with van der Waals surface area (Å²) in [7, 11) is 0.270. The molecule has 2 rings (SSSR count). The van der Waals surface area contributed by atoms with Gasteiger partial charge in [0.05, 0.1) is 5.69 Å². The zero-order valence-corrected chi connectivity index (χ0v) is 14.6. The zero-order chi connectivity index (χ0) is 15.6. The van der Waals surface area contributed by atoms with Crippen LogP contribution in [0.4, 0.5) is 5.69 Å². The molecule has 0 radical (unpaired) electrons. The van der Waals surface area contributed by atoms with E-state index in [0.29, 0.717) is 0 Å². The SMILES string of the molecule is CC(=Nc1ccccc1O[Si](C)(C)C)c1cn(C)nc1C. The minimum Gasteiger partial charge on any atom is -0.543 e. The molecule has 0 fully saturated rings. The maximum Gasteiger partial charge on any atom is 0.242 e. The van der Waals surface area contributed by atoms with Crippen LogP contribution >= 0.6 is 0 Å². The molecule has 0 saturated heterocycles. The molecule has 1 heterocycles. The van der Waals surface area contributed by atoms with E-state index in [9.17, 15) is 0 Å². The van der Waals surface area contributed by atoms with Crippen molar-refractivity contribution < 1.29 is 4.43 Å². The smallest absolute Gasteiger partial charge is 0.242 e. The second-order valence-electron chi connectivity index (χ2n) is 6.18. The van der Waals surface area contributed by atoms with Gasteiger partial charge in [-0.25, -0.2) is 4.99 Å². The molecule has 1 aromatic heterocycles. The second-order valence-corrected chi connectivity index (χ2v) is 10.6. The summed E-state index contributed by atoms with van der Waals surface area (Å²) in [6.07, 6.45) is 2.00. The number of aryl methyl sites for hydroxylation is 2. The third kappa shape index (κ3) is 4.04. The summed E-state index contributed by atoms with van der Waals surface area (Å²) in [5, 5.41) is 4.37. The average molecular weight is 301 g/mol. The van der Waals surface area contributed by atoms with Gasteiger partial charge in [-0.05, 0) is 45.6 Å². The Morgan fingerprint density at radius 3 is 2.48 bits per heavy atom. The molecule has 0 aliphatic rings. The van der Waals surface area contributed by atoms with E-state index in [1.54, 1.807) is 0 Å². The lowest BCUT2D eigenvalue weighted by atomic mass is 10.2. The van der Waals surface area contributed by atoms with Gasteiger partial charge in [0, 0.05) is 24.5 Å². The fourth-order valence-electron chi connectivity index (χ4n) is 2.16. The minimum atomic E-state index is -1.65. The van der Waals surface area contributed by atoms with E-state index in [1.165, 1.54) is 0 Å². The number of para-hydroxylation sites is 2. The van der Waals surface area contributed by atoms with Crippen LogP contribution < -0.4 is 4.43 Å². The summed E-state index contributed by atoms with van der Waals surface area (Å²) in [4.78, 5) is 4.75. The van der Waals surface area contributed by atoms with Gasteiger partial charge in [0.25, 0.3) is 0 Å². The number of hydrogen-bond donors (Lipinski definition) is 0. The standard InChI is InChI=1S/C16H23N3OSi/c1-12(14-11-19(3)18-13(14)2)17-15-9-7-8-10-16(15)20-21(4,5)6/h7-11H,1-6H3. The molecule has 1 aromatic carbocycles. The van der Waals surface area contributed by atoms with Crippen molar-refractivity contribution in [1.82, 2.24) is 9.78 Å². The number of aromatic nitrogens is 2. The van der Waals surface area contributed by atoms with Gasteiger partial charge in [-0.2, -0.15) is 5.10 Å². The van der Waals surface area contributed by atoms with E-state index in [0.717, 1.165) is 28.4 Å². The Kier molecular flexibility index (Phi) is 4.32. The maximum absolute atomic E-state index is 6.12. The van der Waals surface area contributed by atoms with Crippen molar-refractivity contribution in [2.24, 2.45) is 12.0 Å². The molecule has 4 nitrogen and oxygen atoms in total. The Balaban J connectivity index is 2.38. The average Bonchev–Trinajstić information content (AvgIpc) is 2.69. The van der Waals surface area contributed by atoms with Crippen LogP contribution in [-0.4, -0.2) is 23.8 Å². The number of rotatable bonds is 4. The molecule has 0 atom stereocenters. The molecule has 0 N–H and O–H groups in total. The van der Waals surface area contributed by atoms with Gasteiger partial charge in [0.15, 0.2) is 0 Å². The molecule has 2 aromatic rings. The van der Waals surface area contributed by atoms with Gasteiger partial charge in [0.1, 0.15) is 11.4 Å². The van der Waals surface area contributed by atoms with Gasteiger partial charge in [-0.3, -0.25) is 4.68 Å². The highest BCUT2D eigenvalue weighted by Gasteiger charge is 2.18. The molecule has 0 bridgehead atoms. The predicted molar refractivity (Wildman–Crippen MR) is 90.2 cm³/mol. The van der Waals surface area contributed by atoms with E-state index in [2.05, 4.69) is 24.7 Å². The van der Waals surface area contributed by atoms with Crippen LogP contribution in [0.2, 0.25) is 19.6 Å². The summed E-state index contributed by atoms with van der Waals surface area (Å²) in [6, 6.07) is 7.95. The lowest BCUT2D eigenvalue weighted by Crippen LogP contribution is -2.29. The first-order valence-electron chi connectivity index (χ1n) is 7.10. The van der Waals surface area contributed by atoms with E-state index >= 15 is 0 Å². The van der Waals surface area contributed by atoms with Crippen LogP contribution in [0.3, 0.4) is 0 Å². The van der Waals surface area contributed by atoms with E-state index < -0.39 is 8.32 Å². The topological polar surface area (TPSA) is 39.4 Å². The predicted octanol–water partition coefficient (Wildman–Crippen LogP) is 4.08. The molecule has 0 aliphatic carbocycles. The van der Waals surface area contributed by atoms with Crippen LogP contribution in [0.1, 0.15) is 18.2 Å². The first-order valence-corrected chi connectivity index (χ1v) is 10.5. The number of benzene rings is 1. The van der Waals surface area contributed by atoms with Crippen molar-refractivity contribution in [3.8, 4) is 5.75 Å². The summed E-state index contributed by atoms with van der Waals surface area (Å²) < 4.78 is 7.93. The van der Waals surface area contributed by atoms with Crippen molar-refractivity contribution in [3.05, 3.63) is 41.7 Å². The van der Waals surface area contributed by atoms with E-state index in [1.807, 2.05) is 56.0 Å². The van der Waals surface area contributed by atoms with Crippen molar-refractivity contribution in [2.75, 3.05) is 0 Å². The molecule has 0 aliphatic heterocycles. The Morgan fingerprint density at radius 1 is 1.24 bits per heavy atom. The lowest BCUT2D eigenvalue weighted by molar-refractivity contribution is 0.559. The molecule has 0 unspecified atom stereocenters. The van der Waals surface area contributed by atoms with Crippen molar-refractivity contribution in [2.45, 2.75) is 33.5 Å². The molecular formula is C16H23N3OSi. The van der Waals surface area contributed by atoms with E-state index in [-0.39, 0.29) is 0 Å². The normalized spacial score (nSPS) is 12.6. The highest BCUT2D eigenvalue weighted by Crippen LogP contribution is 2.30. The zero-order valence-electron chi connectivity index (χ0n) is 13.6. The summed E-state index contributed by atoms with van der Waals surface area (Å²) in [5.41, 5.74) is 3.88. The van der Waals surface area contributed by atoms with Crippen LogP contribution in [0.25, 0.3) is 0 Å².